The molecule has 1 heterocycles. The van der Waals surface area contributed by atoms with Crippen molar-refractivity contribution in [3.8, 4) is 0 Å². The molecule has 6 heteroatoms. The molecule has 0 aromatic carbocycles. The SMILES string of the molecule is CC(C)Nc1ncccc1C(=O)N[C@@H](C)C(=O)O. The Bertz CT molecular complexity index is 446. The lowest BCUT2D eigenvalue weighted by atomic mass is 10.2. The molecule has 0 fully saturated rings. The van der Waals surface area contributed by atoms with Crippen LogP contribution in [0.5, 0.6) is 0 Å². The van der Waals surface area contributed by atoms with Crippen molar-refractivity contribution in [2.45, 2.75) is 32.9 Å². The molecule has 0 radical (unpaired) electrons. The zero-order valence-electron chi connectivity index (χ0n) is 10.6. The first kappa shape index (κ1) is 14.0. The topological polar surface area (TPSA) is 91.3 Å². The van der Waals surface area contributed by atoms with E-state index >= 15 is 0 Å². The summed E-state index contributed by atoms with van der Waals surface area (Å²) in [5.41, 5.74) is 0.333. The Morgan fingerprint density at radius 1 is 1.33 bits per heavy atom. The van der Waals surface area contributed by atoms with E-state index in [4.69, 9.17) is 5.11 Å². The first-order valence-corrected chi connectivity index (χ1v) is 5.67. The standard InChI is InChI=1S/C12H17N3O3/c1-7(2)14-10-9(5-4-6-13-10)11(16)15-8(3)12(17)18/h4-8H,1-3H3,(H,13,14)(H,15,16)(H,17,18)/t8-/m0/s1. The lowest BCUT2D eigenvalue weighted by molar-refractivity contribution is -0.138. The van der Waals surface area contributed by atoms with Crippen molar-refractivity contribution in [1.29, 1.82) is 0 Å². The van der Waals surface area contributed by atoms with Gasteiger partial charge in [-0.1, -0.05) is 0 Å². The molecule has 1 atom stereocenters. The third-order valence-corrected chi connectivity index (χ3v) is 2.20. The fourth-order valence-corrected chi connectivity index (χ4v) is 1.31. The number of anilines is 1. The van der Waals surface area contributed by atoms with Gasteiger partial charge < -0.3 is 15.7 Å². The number of aliphatic carboxylic acids is 1. The number of nitrogens with one attached hydrogen (secondary N) is 2. The molecule has 0 bridgehead atoms. The summed E-state index contributed by atoms with van der Waals surface area (Å²) < 4.78 is 0. The predicted molar refractivity (Wildman–Crippen MR) is 67.6 cm³/mol. The van der Waals surface area contributed by atoms with Gasteiger partial charge in [-0.2, -0.15) is 0 Å². The number of hydrogen-bond acceptors (Lipinski definition) is 4. The van der Waals surface area contributed by atoms with Crippen LogP contribution >= 0.6 is 0 Å². The molecule has 18 heavy (non-hydrogen) atoms. The van der Waals surface area contributed by atoms with E-state index in [1.807, 2.05) is 13.8 Å². The Morgan fingerprint density at radius 2 is 2.00 bits per heavy atom. The summed E-state index contributed by atoms with van der Waals surface area (Å²) in [6.07, 6.45) is 1.57. The molecule has 1 rings (SSSR count). The molecule has 0 saturated carbocycles. The number of aromatic nitrogens is 1. The minimum absolute atomic E-state index is 0.128. The van der Waals surface area contributed by atoms with Crippen LogP contribution in [0.2, 0.25) is 0 Å². The van der Waals surface area contributed by atoms with Gasteiger partial charge in [0.1, 0.15) is 11.9 Å². The van der Waals surface area contributed by atoms with Crippen LogP contribution in [0.25, 0.3) is 0 Å². The maximum Gasteiger partial charge on any atom is 0.325 e. The Labute approximate surface area is 105 Å². The Morgan fingerprint density at radius 3 is 2.56 bits per heavy atom. The number of pyridine rings is 1. The molecular weight excluding hydrogens is 234 g/mol. The Hall–Kier alpha value is -2.11. The minimum atomic E-state index is -1.08. The minimum Gasteiger partial charge on any atom is -0.480 e. The van der Waals surface area contributed by atoms with Gasteiger partial charge in [0.2, 0.25) is 0 Å². The highest BCUT2D eigenvalue weighted by Gasteiger charge is 2.18. The van der Waals surface area contributed by atoms with E-state index in [9.17, 15) is 9.59 Å². The number of carbonyl (C=O) groups is 2. The molecule has 0 unspecified atom stereocenters. The highest BCUT2D eigenvalue weighted by atomic mass is 16.4. The summed E-state index contributed by atoms with van der Waals surface area (Å²) in [6.45, 7) is 5.26. The smallest absolute Gasteiger partial charge is 0.325 e. The van der Waals surface area contributed by atoms with Gasteiger partial charge in [0, 0.05) is 12.2 Å². The van der Waals surface area contributed by atoms with Crippen molar-refractivity contribution in [3.05, 3.63) is 23.9 Å². The summed E-state index contributed by atoms with van der Waals surface area (Å²) in [5, 5.41) is 14.2. The Balaban J connectivity index is 2.88. The number of carbonyl (C=O) groups excluding carboxylic acids is 1. The van der Waals surface area contributed by atoms with Crippen molar-refractivity contribution < 1.29 is 14.7 Å². The third kappa shape index (κ3) is 3.73. The van der Waals surface area contributed by atoms with Gasteiger partial charge in [0.25, 0.3) is 5.91 Å². The number of amides is 1. The molecule has 0 saturated heterocycles. The Kier molecular flexibility index (Phi) is 4.65. The normalized spacial score (nSPS) is 12.0. The van der Waals surface area contributed by atoms with E-state index in [1.165, 1.54) is 6.92 Å². The van der Waals surface area contributed by atoms with E-state index in [2.05, 4.69) is 15.6 Å². The zero-order chi connectivity index (χ0) is 13.7. The molecular formula is C12H17N3O3. The van der Waals surface area contributed by atoms with Crippen molar-refractivity contribution >= 4 is 17.7 Å². The third-order valence-electron chi connectivity index (χ3n) is 2.20. The number of carboxylic acids is 1. The fraction of sp³-hybridized carbons (Fsp3) is 0.417. The van der Waals surface area contributed by atoms with Crippen molar-refractivity contribution in [1.82, 2.24) is 10.3 Å². The molecule has 0 aliphatic heterocycles. The van der Waals surface area contributed by atoms with E-state index in [1.54, 1.807) is 18.3 Å². The predicted octanol–water partition coefficient (Wildman–Crippen LogP) is 1.10. The number of nitrogens with zero attached hydrogens (tertiary/aromatic N) is 1. The average molecular weight is 251 g/mol. The van der Waals surface area contributed by atoms with Gasteiger partial charge in [-0.15, -0.1) is 0 Å². The van der Waals surface area contributed by atoms with Gasteiger partial charge in [0.15, 0.2) is 0 Å². The van der Waals surface area contributed by atoms with Crippen LogP contribution in [0.15, 0.2) is 18.3 Å². The van der Waals surface area contributed by atoms with Crippen molar-refractivity contribution in [2.24, 2.45) is 0 Å². The summed E-state index contributed by atoms with van der Waals surface area (Å²) in [7, 11) is 0. The van der Waals surface area contributed by atoms with Gasteiger partial charge in [-0.05, 0) is 32.9 Å². The molecule has 98 valence electrons. The maximum absolute atomic E-state index is 11.9. The maximum atomic E-state index is 11.9. The molecule has 1 aromatic heterocycles. The first-order valence-electron chi connectivity index (χ1n) is 5.67. The van der Waals surface area contributed by atoms with E-state index < -0.39 is 17.9 Å². The summed E-state index contributed by atoms with van der Waals surface area (Å²) in [6, 6.07) is 2.42. The van der Waals surface area contributed by atoms with Crippen LogP contribution in [-0.4, -0.2) is 34.1 Å². The fourth-order valence-electron chi connectivity index (χ4n) is 1.31. The van der Waals surface area contributed by atoms with Gasteiger partial charge in [0.05, 0.1) is 5.56 Å². The first-order chi connectivity index (χ1) is 8.41. The highest BCUT2D eigenvalue weighted by Crippen LogP contribution is 2.12. The lowest BCUT2D eigenvalue weighted by Gasteiger charge is -2.14. The second-order valence-corrected chi connectivity index (χ2v) is 4.23. The molecule has 0 aliphatic rings. The van der Waals surface area contributed by atoms with Gasteiger partial charge in [-0.25, -0.2) is 4.98 Å². The van der Waals surface area contributed by atoms with Crippen LogP contribution in [0.1, 0.15) is 31.1 Å². The monoisotopic (exact) mass is 251 g/mol. The second-order valence-electron chi connectivity index (χ2n) is 4.23. The quantitative estimate of drug-likeness (QED) is 0.729. The summed E-state index contributed by atoms with van der Waals surface area (Å²) in [5.74, 6) is -1.09. The van der Waals surface area contributed by atoms with E-state index in [0.29, 0.717) is 11.4 Å². The largest absolute Gasteiger partial charge is 0.480 e. The average Bonchev–Trinajstić information content (AvgIpc) is 2.28. The molecule has 6 nitrogen and oxygen atoms in total. The molecule has 0 spiro atoms. The summed E-state index contributed by atoms with van der Waals surface area (Å²) >= 11 is 0. The van der Waals surface area contributed by atoms with E-state index in [-0.39, 0.29) is 6.04 Å². The second kappa shape index (κ2) is 6.00. The number of rotatable bonds is 5. The lowest BCUT2D eigenvalue weighted by Crippen LogP contribution is -2.38. The van der Waals surface area contributed by atoms with Crippen molar-refractivity contribution in [3.63, 3.8) is 0 Å². The van der Waals surface area contributed by atoms with Crippen LogP contribution < -0.4 is 10.6 Å². The summed E-state index contributed by atoms with van der Waals surface area (Å²) in [4.78, 5) is 26.7. The van der Waals surface area contributed by atoms with Gasteiger partial charge >= 0.3 is 5.97 Å². The number of carboxylic acid groups (broad SMARTS) is 1. The molecule has 3 N–H and O–H groups in total. The molecule has 0 aliphatic carbocycles. The van der Waals surface area contributed by atoms with Crippen LogP contribution in [0, 0.1) is 0 Å². The van der Waals surface area contributed by atoms with Crippen LogP contribution in [-0.2, 0) is 4.79 Å². The van der Waals surface area contributed by atoms with Crippen molar-refractivity contribution in [2.75, 3.05) is 5.32 Å². The van der Waals surface area contributed by atoms with E-state index in [0.717, 1.165) is 0 Å². The van der Waals surface area contributed by atoms with Crippen LogP contribution in [0.3, 0.4) is 0 Å². The highest BCUT2D eigenvalue weighted by molar-refractivity contribution is 6.00. The van der Waals surface area contributed by atoms with Gasteiger partial charge in [-0.3, -0.25) is 9.59 Å². The molecule has 1 amide bonds. The van der Waals surface area contributed by atoms with Crippen LogP contribution in [0.4, 0.5) is 5.82 Å². The zero-order valence-corrected chi connectivity index (χ0v) is 10.6. The molecule has 1 aromatic rings. The number of hydrogen-bond donors (Lipinski definition) is 3.